The molecule has 2 aliphatic heterocycles. The fourth-order valence-corrected chi connectivity index (χ4v) is 5.35. The highest BCUT2D eigenvalue weighted by atomic mass is 35.5. The van der Waals surface area contributed by atoms with Crippen molar-refractivity contribution in [3.05, 3.63) is 73.4 Å². The molecule has 2 saturated heterocycles. The first kappa shape index (κ1) is 25.3. The minimum atomic E-state index is -0.684. The van der Waals surface area contributed by atoms with Crippen LogP contribution in [0, 0.1) is 0 Å². The maximum Gasteiger partial charge on any atom is 0.294 e. The summed E-state index contributed by atoms with van der Waals surface area (Å²) >= 11 is 12.7. The molecule has 3 heterocycles. The van der Waals surface area contributed by atoms with Crippen LogP contribution >= 0.6 is 35.0 Å². The van der Waals surface area contributed by atoms with E-state index in [1.54, 1.807) is 12.1 Å². The monoisotopic (exact) mass is 559 g/mol. The number of rotatable bonds is 5. The number of amides is 3. The Morgan fingerprint density at radius 3 is 2.54 bits per heavy atom. The zero-order chi connectivity index (χ0) is 26.1. The lowest BCUT2D eigenvalue weighted by Gasteiger charge is -2.28. The minimum absolute atomic E-state index is 0.00700. The quantitative estimate of drug-likeness (QED) is 0.451. The number of anilines is 2. The molecule has 0 aliphatic carbocycles. The fourth-order valence-electron chi connectivity index (χ4n) is 3.98. The Bertz CT molecular complexity index is 1500. The topological polar surface area (TPSA) is 109 Å². The van der Waals surface area contributed by atoms with Crippen molar-refractivity contribution in [3.63, 3.8) is 0 Å². The molecular formula is C25H19Cl2N3O6S. The van der Waals surface area contributed by atoms with Crippen molar-refractivity contribution in [2.45, 2.75) is 0 Å². The zero-order valence-electron chi connectivity index (χ0n) is 19.2. The number of imide groups is 1. The number of nitrogens with zero attached hydrogens (tertiary/aromatic N) is 2. The van der Waals surface area contributed by atoms with Gasteiger partial charge in [0.15, 0.2) is 11.0 Å². The van der Waals surface area contributed by atoms with E-state index < -0.39 is 29.0 Å². The molecule has 0 spiro atoms. The van der Waals surface area contributed by atoms with Gasteiger partial charge in [-0.3, -0.25) is 24.1 Å². The summed E-state index contributed by atoms with van der Waals surface area (Å²) in [5, 5.41) is 2.65. The van der Waals surface area contributed by atoms with Gasteiger partial charge >= 0.3 is 0 Å². The first-order valence-corrected chi connectivity index (χ1v) is 12.8. The molecule has 3 aromatic rings. The number of nitrogens with one attached hydrogen (secondary N) is 1. The van der Waals surface area contributed by atoms with Crippen LogP contribution in [-0.2, 0) is 14.3 Å². The van der Waals surface area contributed by atoms with Crippen LogP contribution in [0.4, 0.5) is 16.2 Å². The standard InChI is InChI=1S/C25H19Cl2N3O6S/c26-15-10-18-22(32)14(13-36-23(18)19(27)11-15)9-20-24(33)30(25(34)37-20)12-21(31)28-16-1-3-17(4-2-16)29-5-7-35-8-6-29/h1-4,9-11,13H,5-8,12H2,(H,28,31)/b20-9-. The molecule has 1 N–H and O–H groups in total. The maximum atomic E-state index is 12.9. The minimum Gasteiger partial charge on any atom is -0.462 e. The summed E-state index contributed by atoms with van der Waals surface area (Å²) in [4.78, 5) is 53.8. The molecule has 0 radical (unpaired) electrons. The van der Waals surface area contributed by atoms with E-state index in [0.717, 1.165) is 29.9 Å². The average molecular weight is 560 g/mol. The summed E-state index contributed by atoms with van der Waals surface area (Å²) in [6.07, 6.45) is 2.42. The Hall–Kier alpha value is -3.31. The molecule has 190 valence electrons. The third kappa shape index (κ3) is 5.37. The summed E-state index contributed by atoms with van der Waals surface area (Å²) in [5.41, 5.74) is 1.29. The molecule has 2 aromatic carbocycles. The Morgan fingerprint density at radius 1 is 1.08 bits per heavy atom. The van der Waals surface area contributed by atoms with E-state index in [4.69, 9.17) is 32.4 Å². The fraction of sp³-hybridized carbons (Fsp3) is 0.200. The zero-order valence-corrected chi connectivity index (χ0v) is 21.5. The van der Waals surface area contributed by atoms with Crippen molar-refractivity contribution in [2.24, 2.45) is 0 Å². The van der Waals surface area contributed by atoms with Gasteiger partial charge in [0, 0.05) is 29.5 Å². The molecule has 0 unspecified atom stereocenters. The number of hydrogen-bond acceptors (Lipinski definition) is 8. The maximum absolute atomic E-state index is 12.9. The lowest BCUT2D eigenvalue weighted by molar-refractivity contribution is -0.127. The van der Waals surface area contributed by atoms with E-state index in [0.29, 0.717) is 30.7 Å². The molecule has 0 saturated carbocycles. The van der Waals surface area contributed by atoms with Gasteiger partial charge in [-0.25, -0.2) is 0 Å². The Morgan fingerprint density at radius 2 is 1.81 bits per heavy atom. The van der Waals surface area contributed by atoms with Gasteiger partial charge in [-0.15, -0.1) is 0 Å². The molecule has 37 heavy (non-hydrogen) atoms. The van der Waals surface area contributed by atoms with Crippen LogP contribution in [-0.4, -0.2) is 54.8 Å². The van der Waals surface area contributed by atoms with Gasteiger partial charge in [0.05, 0.1) is 34.1 Å². The van der Waals surface area contributed by atoms with Crippen LogP contribution < -0.4 is 15.6 Å². The largest absolute Gasteiger partial charge is 0.462 e. The smallest absolute Gasteiger partial charge is 0.294 e. The summed E-state index contributed by atoms with van der Waals surface area (Å²) in [5.74, 6) is -1.21. The van der Waals surface area contributed by atoms with Gasteiger partial charge in [0.1, 0.15) is 12.8 Å². The number of morpholine rings is 1. The first-order valence-electron chi connectivity index (χ1n) is 11.2. The molecule has 12 heteroatoms. The van der Waals surface area contributed by atoms with E-state index in [2.05, 4.69) is 10.2 Å². The number of fused-ring (bicyclic) bond motifs is 1. The van der Waals surface area contributed by atoms with E-state index in [1.807, 2.05) is 12.1 Å². The van der Waals surface area contributed by atoms with Crippen molar-refractivity contribution in [3.8, 4) is 0 Å². The molecule has 0 atom stereocenters. The Balaban J connectivity index is 1.27. The van der Waals surface area contributed by atoms with Gasteiger partial charge < -0.3 is 19.4 Å². The number of ether oxygens (including phenoxy) is 1. The second-order valence-corrected chi connectivity index (χ2v) is 10.1. The van der Waals surface area contributed by atoms with Gasteiger partial charge in [-0.2, -0.15) is 0 Å². The van der Waals surface area contributed by atoms with Gasteiger partial charge in [0.2, 0.25) is 5.91 Å². The van der Waals surface area contributed by atoms with Crippen LogP contribution in [0.3, 0.4) is 0 Å². The van der Waals surface area contributed by atoms with Crippen molar-refractivity contribution >= 4 is 80.4 Å². The normalized spacial score (nSPS) is 17.2. The average Bonchev–Trinajstić information content (AvgIpc) is 3.14. The molecule has 5 rings (SSSR count). The third-order valence-corrected chi connectivity index (χ3v) is 7.21. The second-order valence-electron chi connectivity index (χ2n) is 8.25. The van der Waals surface area contributed by atoms with E-state index in [-0.39, 0.29) is 31.5 Å². The predicted molar refractivity (Wildman–Crippen MR) is 143 cm³/mol. The van der Waals surface area contributed by atoms with Crippen LogP contribution in [0.5, 0.6) is 0 Å². The summed E-state index contributed by atoms with van der Waals surface area (Å²) in [6, 6.07) is 10.2. The second kappa shape index (κ2) is 10.6. The van der Waals surface area contributed by atoms with Gasteiger partial charge in [-0.05, 0) is 54.2 Å². The van der Waals surface area contributed by atoms with E-state index in [1.165, 1.54) is 18.2 Å². The molecular weight excluding hydrogens is 541 g/mol. The molecule has 2 fully saturated rings. The molecule has 1 aromatic heterocycles. The summed E-state index contributed by atoms with van der Waals surface area (Å²) in [7, 11) is 0. The Labute approximate surface area is 224 Å². The Kier molecular flexibility index (Phi) is 7.25. The van der Waals surface area contributed by atoms with E-state index in [9.17, 15) is 19.2 Å². The van der Waals surface area contributed by atoms with Crippen molar-refractivity contribution in [1.29, 1.82) is 0 Å². The number of thioether (sulfide) groups is 1. The van der Waals surface area contributed by atoms with Crippen LogP contribution in [0.1, 0.15) is 5.56 Å². The highest BCUT2D eigenvalue weighted by molar-refractivity contribution is 8.18. The third-order valence-electron chi connectivity index (χ3n) is 5.81. The highest BCUT2D eigenvalue weighted by Crippen LogP contribution is 2.33. The SMILES string of the molecule is O=C(CN1C(=O)S/C(=C\c2coc3c(Cl)cc(Cl)cc3c2=O)C1=O)Nc1ccc(N2CCOCC2)cc1. The number of halogens is 2. The van der Waals surface area contributed by atoms with Crippen molar-refractivity contribution in [1.82, 2.24) is 4.90 Å². The number of hydrogen-bond donors (Lipinski definition) is 1. The van der Waals surface area contributed by atoms with E-state index >= 15 is 0 Å². The predicted octanol–water partition coefficient (Wildman–Crippen LogP) is 4.61. The van der Waals surface area contributed by atoms with Crippen molar-refractivity contribution in [2.75, 3.05) is 43.1 Å². The van der Waals surface area contributed by atoms with Gasteiger partial charge in [-0.1, -0.05) is 23.2 Å². The van der Waals surface area contributed by atoms with Crippen molar-refractivity contribution < 1.29 is 23.5 Å². The molecule has 0 bridgehead atoms. The molecule has 9 nitrogen and oxygen atoms in total. The molecule has 3 amide bonds. The summed E-state index contributed by atoms with van der Waals surface area (Å²) < 4.78 is 10.8. The lowest BCUT2D eigenvalue weighted by atomic mass is 10.1. The number of carbonyl (C=O) groups is 3. The van der Waals surface area contributed by atoms with Crippen LogP contribution in [0.2, 0.25) is 10.0 Å². The number of benzene rings is 2. The molecule has 2 aliphatic rings. The van der Waals surface area contributed by atoms with Crippen LogP contribution in [0.15, 0.2) is 56.8 Å². The first-order chi connectivity index (χ1) is 17.8. The number of carbonyl (C=O) groups excluding carboxylic acids is 3. The summed E-state index contributed by atoms with van der Waals surface area (Å²) in [6.45, 7) is 2.45. The lowest BCUT2D eigenvalue weighted by Crippen LogP contribution is -2.36. The van der Waals surface area contributed by atoms with Crippen LogP contribution in [0.25, 0.3) is 17.0 Å². The highest BCUT2D eigenvalue weighted by Gasteiger charge is 2.36. The van der Waals surface area contributed by atoms with Gasteiger partial charge in [0.25, 0.3) is 11.1 Å².